The number of benzene rings is 2. The highest BCUT2D eigenvalue weighted by Crippen LogP contribution is 2.34. The van der Waals surface area contributed by atoms with Gasteiger partial charge in [0.05, 0.1) is 31.0 Å². The van der Waals surface area contributed by atoms with E-state index in [4.69, 9.17) is 15.2 Å². The summed E-state index contributed by atoms with van der Waals surface area (Å²) in [5.41, 5.74) is 10.4. The molecular weight excluding hydrogens is 362 g/mol. The first kappa shape index (κ1) is 19.5. The average Bonchev–Trinajstić information content (AvgIpc) is 2.72. The maximum Gasteiger partial charge on any atom is 0.147 e. The topological polar surface area (TPSA) is 60.6 Å². The van der Waals surface area contributed by atoms with E-state index in [0.29, 0.717) is 12.4 Å². The van der Waals surface area contributed by atoms with E-state index >= 15 is 0 Å². The van der Waals surface area contributed by atoms with Crippen LogP contribution in [0.15, 0.2) is 48.5 Å². The molecule has 3 aromatic rings. The first-order valence-corrected chi connectivity index (χ1v) is 10.2. The zero-order valence-electron chi connectivity index (χ0n) is 17.4. The van der Waals surface area contributed by atoms with Crippen molar-refractivity contribution >= 4 is 22.4 Å². The molecule has 0 aliphatic carbocycles. The molecule has 29 heavy (non-hydrogen) atoms. The lowest BCUT2D eigenvalue weighted by Crippen LogP contribution is -2.36. The number of rotatable bonds is 4. The van der Waals surface area contributed by atoms with Gasteiger partial charge in [-0.1, -0.05) is 45.0 Å². The molecule has 1 aliphatic heterocycles. The van der Waals surface area contributed by atoms with E-state index in [-0.39, 0.29) is 5.41 Å². The van der Waals surface area contributed by atoms with Crippen molar-refractivity contribution in [2.75, 3.05) is 43.5 Å². The summed E-state index contributed by atoms with van der Waals surface area (Å²) < 4.78 is 11.6. The molecule has 4 rings (SSSR count). The summed E-state index contributed by atoms with van der Waals surface area (Å²) in [5, 5.41) is 1.07. The van der Waals surface area contributed by atoms with Crippen LogP contribution in [0, 0.1) is 5.41 Å². The number of anilines is 2. The third kappa shape index (κ3) is 4.46. The molecule has 152 valence electrons. The normalized spacial score (nSPS) is 14.9. The standard InChI is InChI=1S/C24H29N3O2/c1-24(2,3)16-29-22-7-5-4-6-19(22)17-8-9-20-18(14-17)15-21(23(25)26-20)27-10-12-28-13-11-27/h4-9,14-15H,10-13,16H2,1-3H3,(H2,25,26). The van der Waals surface area contributed by atoms with Crippen LogP contribution < -0.4 is 15.4 Å². The lowest BCUT2D eigenvalue weighted by molar-refractivity contribution is 0.123. The van der Waals surface area contributed by atoms with Crippen molar-refractivity contribution in [3.05, 3.63) is 48.5 Å². The van der Waals surface area contributed by atoms with Crippen LogP contribution in [-0.2, 0) is 4.74 Å². The van der Waals surface area contributed by atoms with Gasteiger partial charge in [-0.2, -0.15) is 0 Å². The van der Waals surface area contributed by atoms with Crippen molar-refractivity contribution < 1.29 is 9.47 Å². The quantitative estimate of drug-likeness (QED) is 0.696. The number of pyridine rings is 1. The van der Waals surface area contributed by atoms with Gasteiger partial charge in [0.15, 0.2) is 0 Å². The molecule has 2 heterocycles. The molecule has 5 nitrogen and oxygen atoms in total. The molecule has 2 N–H and O–H groups in total. The fourth-order valence-corrected chi connectivity index (χ4v) is 3.53. The van der Waals surface area contributed by atoms with Gasteiger partial charge >= 0.3 is 0 Å². The summed E-state index contributed by atoms with van der Waals surface area (Å²) >= 11 is 0. The Morgan fingerprint density at radius 2 is 1.83 bits per heavy atom. The third-order valence-corrected chi connectivity index (χ3v) is 5.03. The Morgan fingerprint density at radius 3 is 2.59 bits per heavy atom. The largest absolute Gasteiger partial charge is 0.492 e. The number of ether oxygens (including phenoxy) is 2. The Labute approximate surface area is 172 Å². The fourth-order valence-electron chi connectivity index (χ4n) is 3.53. The van der Waals surface area contributed by atoms with Crippen LogP contribution in [0.2, 0.25) is 0 Å². The number of nitrogen functional groups attached to an aromatic ring is 1. The molecule has 0 amide bonds. The van der Waals surface area contributed by atoms with Crippen LogP contribution in [-0.4, -0.2) is 37.9 Å². The molecule has 0 bridgehead atoms. The minimum atomic E-state index is 0.102. The summed E-state index contributed by atoms with van der Waals surface area (Å²) in [6.45, 7) is 10.3. The van der Waals surface area contributed by atoms with Crippen molar-refractivity contribution in [3.63, 3.8) is 0 Å². The van der Waals surface area contributed by atoms with E-state index in [2.05, 4.69) is 54.9 Å². The van der Waals surface area contributed by atoms with E-state index in [9.17, 15) is 0 Å². The number of nitrogens with two attached hydrogens (primary N) is 1. The van der Waals surface area contributed by atoms with E-state index in [1.165, 1.54) is 0 Å². The van der Waals surface area contributed by atoms with Crippen molar-refractivity contribution in [3.8, 4) is 16.9 Å². The van der Waals surface area contributed by atoms with Gasteiger partial charge in [0.25, 0.3) is 0 Å². The van der Waals surface area contributed by atoms with E-state index in [1.54, 1.807) is 0 Å². The van der Waals surface area contributed by atoms with Crippen LogP contribution in [0.1, 0.15) is 20.8 Å². The zero-order valence-corrected chi connectivity index (χ0v) is 17.4. The highest BCUT2D eigenvalue weighted by molar-refractivity contribution is 5.90. The number of para-hydroxylation sites is 1. The van der Waals surface area contributed by atoms with Crippen LogP contribution >= 0.6 is 0 Å². The van der Waals surface area contributed by atoms with E-state index in [1.807, 2.05) is 24.3 Å². The zero-order chi connectivity index (χ0) is 20.4. The summed E-state index contributed by atoms with van der Waals surface area (Å²) in [5.74, 6) is 1.47. The predicted molar refractivity (Wildman–Crippen MR) is 120 cm³/mol. The number of fused-ring (bicyclic) bond motifs is 1. The molecule has 1 aliphatic rings. The molecule has 0 unspecified atom stereocenters. The molecule has 1 saturated heterocycles. The molecule has 0 radical (unpaired) electrons. The van der Waals surface area contributed by atoms with Crippen molar-refractivity contribution in [2.24, 2.45) is 5.41 Å². The van der Waals surface area contributed by atoms with Gasteiger partial charge < -0.3 is 20.1 Å². The maximum absolute atomic E-state index is 6.26. The lowest BCUT2D eigenvalue weighted by Gasteiger charge is -2.29. The highest BCUT2D eigenvalue weighted by Gasteiger charge is 2.17. The van der Waals surface area contributed by atoms with Crippen LogP contribution in [0.3, 0.4) is 0 Å². The van der Waals surface area contributed by atoms with Gasteiger partial charge in [0.1, 0.15) is 11.6 Å². The second-order valence-electron chi connectivity index (χ2n) is 8.75. The van der Waals surface area contributed by atoms with Crippen LogP contribution in [0.4, 0.5) is 11.5 Å². The number of hydrogen-bond acceptors (Lipinski definition) is 5. The van der Waals surface area contributed by atoms with Crippen molar-refractivity contribution in [1.82, 2.24) is 4.98 Å². The Bertz CT molecular complexity index is 1000. The minimum Gasteiger partial charge on any atom is -0.492 e. The van der Waals surface area contributed by atoms with E-state index < -0.39 is 0 Å². The first-order chi connectivity index (χ1) is 13.9. The summed E-state index contributed by atoms with van der Waals surface area (Å²) in [6.07, 6.45) is 0. The van der Waals surface area contributed by atoms with Gasteiger partial charge in [-0.15, -0.1) is 0 Å². The maximum atomic E-state index is 6.26. The molecule has 0 atom stereocenters. The Kier molecular flexibility index (Phi) is 5.33. The fraction of sp³-hybridized carbons (Fsp3) is 0.375. The summed E-state index contributed by atoms with van der Waals surface area (Å²) in [7, 11) is 0. The molecule has 1 aromatic heterocycles. The number of morpholine rings is 1. The smallest absolute Gasteiger partial charge is 0.147 e. The Balaban J connectivity index is 1.71. The van der Waals surface area contributed by atoms with Crippen molar-refractivity contribution in [2.45, 2.75) is 20.8 Å². The van der Waals surface area contributed by atoms with Gasteiger partial charge in [-0.3, -0.25) is 0 Å². The van der Waals surface area contributed by atoms with Crippen LogP contribution in [0.5, 0.6) is 5.75 Å². The monoisotopic (exact) mass is 391 g/mol. The number of aromatic nitrogens is 1. The SMILES string of the molecule is CC(C)(C)COc1ccccc1-c1ccc2nc(N)c(N3CCOCC3)cc2c1. The van der Waals surface area contributed by atoms with Gasteiger partial charge in [-0.05, 0) is 35.2 Å². The summed E-state index contributed by atoms with van der Waals surface area (Å²) in [4.78, 5) is 6.89. The molecule has 0 saturated carbocycles. The highest BCUT2D eigenvalue weighted by atomic mass is 16.5. The number of hydrogen-bond donors (Lipinski definition) is 1. The first-order valence-electron chi connectivity index (χ1n) is 10.2. The van der Waals surface area contributed by atoms with Gasteiger partial charge in [-0.25, -0.2) is 4.98 Å². The van der Waals surface area contributed by atoms with Gasteiger partial charge in [0, 0.05) is 24.0 Å². The van der Waals surface area contributed by atoms with Crippen molar-refractivity contribution in [1.29, 1.82) is 0 Å². The molecular formula is C24H29N3O2. The second kappa shape index (κ2) is 7.91. The van der Waals surface area contributed by atoms with E-state index in [0.717, 1.165) is 59.8 Å². The molecule has 1 fully saturated rings. The second-order valence-corrected chi connectivity index (χ2v) is 8.75. The third-order valence-electron chi connectivity index (χ3n) is 5.03. The summed E-state index contributed by atoms with van der Waals surface area (Å²) in [6, 6.07) is 16.6. The number of nitrogens with zero attached hydrogens (tertiary/aromatic N) is 2. The minimum absolute atomic E-state index is 0.102. The average molecular weight is 392 g/mol. The Hall–Kier alpha value is -2.79. The lowest BCUT2D eigenvalue weighted by atomic mass is 9.98. The van der Waals surface area contributed by atoms with Gasteiger partial charge in [0.2, 0.25) is 0 Å². The van der Waals surface area contributed by atoms with Crippen LogP contribution in [0.25, 0.3) is 22.0 Å². The predicted octanol–water partition coefficient (Wildman–Crippen LogP) is 4.75. The Morgan fingerprint density at radius 1 is 1.07 bits per heavy atom. The molecule has 0 spiro atoms. The molecule has 2 aromatic carbocycles. The molecule has 5 heteroatoms.